The number of alkyl halides is 3. The summed E-state index contributed by atoms with van der Waals surface area (Å²) in [6, 6.07) is 5.23. The molecule has 0 amide bonds. The number of nitrogens with zero attached hydrogens (tertiary/aromatic N) is 3. The average Bonchev–Trinajstić information content (AvgIpc) is 2.37. The van der Waals surface area contributed by atoms with Crippen molar-refractivity contribution in [3.8, 4) is 5.75 Å². The number of benzene rings is 1. The van der Waals surface area contributed by atoms with E-state index < -0.39 is 6.36 Å². The topological polar surface area (TPSA) is 80.1 Å². The van der Waals surface area contributed by atoms with Crippen LogP contribution in [0.15, 0.2) is 29.4 Å². The molecule has 0 saturated carbocycles. The SMILES string of the molecule is C/C(N)=N/N(N)C(CCN(C)C)c1ccc(OC(F)(F)F)cc1. The summed E-state index contributed by atoms with van der Waals surface area (Å²) < 4.78 is 40.4. The second-order valence-electron chi connectivity index (χ2n) is 5.35. The molecule has 0 radical (unpaired) electrons. The number of hydrogen-bond acceptors (Lipinski definition) is 5. The molecule has 0 aliphatic rings. The van der Waals surface area contributed by atoms with Crippen molar-refractivity contribution in [2.24, 2.45) is 16.7 Å². The van der Waals surface area contributed by atoms with Crippen LogP contribution in [0.4, 0.5) is 13.2 Å². The number of hydrazine groups is 1. The summed E-state index contributed by atoms with van der Waals surface area (Å²) in [5.41, 5.74) is 6.25. The van der Waals surface area contributed by atoms with Gasteiger partial charge in [0.1, 0.15) is 11.6 Å². The van der Waals surface area contributed by atoms with E-state index in [-0.39, 0.29) is 11.8 Å². The Morgan fingerprint density at radius 3 is 2.26 bits per heavy atom. The minimum absolute atomic E-state index is 0.283. The van der Waals surface area contributed by atoms with Crippen LogP contribution in [0.2, 0.25) is 0 Å². The van der Waals surface area contributed by atoms with Crippen LogP contribution in [0, 0.1) is 0 Å². The van der Waals surface area contributed by atoms with Gasteiger partial charge in [0, 0.05) is 0 Å². The van der Waals surface area contributed by atoms with Gasteiger partial charge in [0.25, 0.3) is 0 Å². The van der Waals surface area contributed by atoms with E-state index in [4.69, 9.17) is 11.6 Å². The number of hydrogen-bond donors (Lipinski definition) is 2. The summed E-state index contributed by atoms with van der Waals surface area (Å²) in [6.07, 6.45) is -4.09. The molecule has 0 spiro atoms. The molecule has 1 unspecified atom stereocenters. The molecular formula is C14H22F3N5O. The molecule has 1 atom stereocenters. The maximum absolute atomic E-state index is 12.2. The second kappa shape index (κ2) is 8.02. The molecule has 4 N–H and O–H groups in total. The van der Waals surface area contributed by atoms with Crippen LogP contribution in [-0.4, -0.2) is 42.9 Å². The van der Waals surface area contributed by atoms with E-state index in [1.54, 1.807) is 6.92 Å². The molecule has 0 heterocycles. The fourth-order valence-electron chi connectivity index (χ4n) is 1.98. The maximum atomic E-state index is 12.2. The van der Waals surface area contributed by atoms with Crippen molar-refractivity contribution in [1.29, 1.82) is 0 Å². The Labute approximate surface area is 133 Å². The van der Waals surface area contributed by atoms with E-state index in [1.165, 1.54) is 29.4 Å². The standard InChI is InChI=1S/C14H22F3N5O/c1-10(18)20-22(19)13(8-9-21(2)3)11-4-6-12(7-5-11)23-14(15,16)17/h4-7,13H,8-9,19H2,1-3H3,(H2,18,20). The quantitative estimate of drug-likeness (QED) is 0.345. The van der Waals surface area contributed by atoms with Crippen molar-refractivity contribution < 1.29 is 17.9 Å². The van der Waals surface area contributed by atoms with Crippen LogP contribution < -0.4 is 16.3 Å². The van der Waals surface area contributed by atoms with Crippen molar-refractivity contribution in [3.63, 3.8) is 0 Å². The number of ether oxygens (including phenoxy) is 1. The number of nitrogens with two attached hydrogens (primary N) is 2. The lowest BCUT2D eigenvalue weighted by molar-refractivity contribution is -0.274. The third-order valence-corrected chi connectivity index (χ3v) is 2.94. The van der Waals surface area contributed by atoms with Crippen molar-refractivity contribution in [2.45, 2.75) is 25.7 Å². The summed E-state index contributed by atoms with van der Waals surface area (Å²) in [4.78, 5) is 1.97. The van der Waals surface area contributed by atoms with Gasteiger partial charge in [-0.2, -0.15) is 0 Å². The Morgan fingerprint density at radius 1 is 1.26 bits per heavy atom. The first-order valence-corrected chi connectivity index (χ1v) is 6.93. The molecule has 0 saturated heterocycles. The molecule has 130 valence electrons. The smallest absolute Gasteiger partial charge is 0.406 e. The lowest BCUT2D eigenvalue weighted by Crippen LogP contribution is -2.34. The first-order valence-electron chi connectivity index (χ1n) is 6.93. The van der Waals surface area contributed by atoms with Gasteiger partial charge in [0.05, 0.1) is 6.04 Å². The van der Waals surface area contributed by atoms with Crippen molar-refractivity contribution in [1.82, 2.24) is 10.0 Å². The Morgan fingerprint density at radius 2 is 1.83 bits per heavy atom. The van der Waals surface area contributed by atoms with Gasteiger partial charge in [-0.1, -0.05) is 12.1 Å². The number of rotatable bonds is 7. The van der Waals surface area contributed by atoms with Gasteiger partial charge in [0.2, 0.25) is 0 Å². The third-order valence-electron chi connectivity index (χ3n) is 2.94. The van der Waals surface area contributed by atoms with Crippen molar-refractivity contribution in [2.75, 3.05) is 20.6 Å². The highest BCUT2D eigenvalue weighted by Crippen LogP contribution is 2.27. The first-order chi connectivity index (χ1) is 10.6. The second-order valence-corrected chi connectivity index (χ2v) is 5.35. The molecule has 1 rings (SSSR count). The van der Waals surface area contributed by atoms with Gasteiger partial charge in [-0.15, -0.1) is 18.3 Å². The van der Waals surface area contributed by atoms with Crippen LogP contribution in [0.1, 0.15) is 24.9 Å². The maximum Gasteiger partial charge on any atom is 0.573 e. The summed E-state index contributed by atoms with van der Waals surface area (Å²) in [5.74, 6) is 5.92. The van der Waals surface area contributed by atoms with E-state index in [1.807, 2.05) is 19.0 Å². The fourth-order valence-corrected chi connectivity index (χ4v) is 1.98. The molecule has 0 aliphatic carbocycles. The monoisotopic (exact) mass is 333 g/mol. The molecule has 0 bridgehead atoms. The van der Waals surface area contributed by atoms with Gasteiger partial charge in [-0.05, 0) is 51.7 Å². The van der Waals surface area contributed by atoms with Gasteiger partial charge in [-0.3, -0.25) is 0 Å². The summed E-state index contributed by atoms with van der Waals surface area (Å²) in [5, 5.41) is 5.21. The molecular weight excluding hydrogens is 311 g/mol. The van der Waals surface area contributed by atoms with E-state index >= 15 is 0 Å². The first kappa shape index (κ1) is 19.0. The molecule has 0 aromatic heterocycles. The van der Waals surface area contributed by atoms with Gasteiger partial charge in [-0.25, -0.2) is 11.0 Å². The Kier molecular flexibility index (Phi) is 6.64. The third kappa shape index (κ3) is 7.20. The zero-order chi connectivity index (χ0) is 17.6. The number of hydrazone groups is 1. The van der Waals surface area contributed by atoms with Crippen LogP contribution in [-0.2, 0) is 0 Å². The Hall–Kier alpha value is -2.00. The van der Waals surface area contributed by atoms with Crippen molar-refractivity contribution >= 4 is 5.84 Å². The van der Waals surface area contributed by atoms with E-state index in [0.29, 0.717) is 17.8 Å². The summed E-state index contributed by atoms with van der Waals surface area (Å²) >= 11 is 0. The molecule has 6 nitrogen and oxygen atoms in total. The van der Waals surface area contributed by atoms with Gasteiger partial charge in [0.15, 0.2) is 0 Å². The molecule has 0 aliphatic heterocycles. The predicted molar refractivity (Wildman–Crippen MR) is 82.4 cm³/mol. The fraction of sp³-hybridized carbons (Fsp3) is 0.500. The van der Waals surface area contributed by atoms with Crippen molar-refractivity contribution in [3.05, 3.63) is 29.8 Å². The van der Waals surface area contributed by atoms with Crippen LogP contribution >= 0.6 is 0 Å². The van der Waals surface area contributed by atoms with Gasteiger partial charge < -0.3 is 15.4 Å². The molecule has 1 aromatic carbocycles. The van der Waals surface area contributed by atoms with Gasteiger partial charge >= 0.3 is 6.36 Å². The van der Waals surface area contributed by atoms with E-state index in [0.717, 1.165) is 6.54 Å². The predicted octanol–water partition coefficient (Wildman–Crippen LogP) is 2.05. The molecule has 0 fully saturated rings. The minimum Gasteiger partial charge on any atom is -0.406 e. The molecule has 9 heteroatoms. The molecule has 1 aromatic rings. The Balaban J connectivity index is 2.94. The molecule has 23 heavy (non-hydrogen) atoms. The minimum atomic E-state index is -4.72. The summed E-state index contributed by atoms with van der Waals surface area (Å²) in [6.45, 7) is 2.32. The highest BCUT2D eigenvalue weighted by Gasteiger charge is 2.31. The summed E-state index contributed by atoms with van der Waals surface area (Å²) in [7, 11) is 3.82. The zero-order valence-corrected chi connectivity index (χ0v) is 13.3. The van der Waals surface area contributed by atoms with E-state index in [9.17, 15) is 13.2 Å². The highest BCUT2D eigenvalue weighted by atomic mass is 19.4. The largest absolute Gasteiger partial charge is 0.573 e. The highest BCUT2D eigenvalue weighted by molar-refractivity contribution is 5.77. The Bertz CT molecular complexity index is 512. The van der Waals surface area contributed by atoms with Crippen LogP contribution in [0.25, 0.3) is 0 Å². The van der Waals surface area contributed by atoms with Crippen LogP contribution in [0.3, 0.4) is 0 Å². The average molecular weight is 333 g/mol. The number of amidine groups is 1. The zero-order valence-electron chi connectivity index (χ0n) is 13.3. The lowest BCUT2D eigenvalue weighted by Gasteiger charge is -2.27. The lowest BCUT2D eigenvalue weighted by atomic mass is 10.0. The normalized spacial score (nSPS) is 14.0. The van der Waals surface area contributed by atoms with E-state index in [2.05, 4.69) is 9.84 Å². The van der Waals surface area contributed by atoms with Crippen LogP contribution in [0.5, 0.6) is 5.75 Å². The number of halogens is 3.